The maximum atomic E-state index is 11.2. The van der Waals surface area contributed by atoms with Crippen LogP contribution in [0.5, 0.6) is 5.75 Å². The molecule has 0 aliphatic carbocycles. The lowest BCUT2D eigenvalue weighted by molar-refractivity contribution is 0.101. The van der Waals surface area contributed by atoms with Gasteiger partial charge < -0.3 is 4.74 Å². The minimum Gasteiger partial charge on any atom is -0.492 e. The molecule has 0 bridgehead atoms. The van der Waals surface area contributed by atoms with Gasteiger partial charge in [-0.05, 0) is 47.5 Å². The Morgan fingerprint density at radius 1 is 1.29 bits per heavy atom. The molecule has 0 saturated carbocycles. The summed E-state index contributed by atoms with van der Waals surface area (Å²) in [5.41, 5.74) is 0.704. The van der Waals surface area contributed by atoms with Crippen LogP contribution < -0.4 is 4.74 Å². The number of carbonyl (C=O) groups is 1. The molecule has 1 rings (SSSR count). The number of hydrogen-bond donors (Lipinski definition) is 0. The van der Waals surface area contributed by atoms with E-state index in [0.29, 0.717) is 5.56 Å². The highest BCUT2D eigenvalue weighted by molar-refractivity contribution is 9.10. The van der Waals surface area contributed by atoms with Crippen molar-refractivity contribution in [2.75, 3.05) is 6.61 Å². The van der Waals surface area contributed by atoms with Gasteiger partial charge in [-0.1, -0.05) is 26.2 Å². The zero-order valence-electron chi connectivity index (χ0n) is 10.5. The molecular formula is C14H19BrO2. The number of benzene rings is 1. The number of carbonyl (C=O) groups excluding carboxylic acids is 1. The van der Waals surface area contributed by atoms with E-state index in [1.807, 2.05) is 12.1 Å². The van der Waals surface area contributed by atoms with Crippen molar-refractivity contribution in [1.82, 2.24) is 0 Å². The van der Waals surface area contributed by atoms with Gasteiger partial charge in [-0.2, -0.15) is 0 Å². The Balaban J connectivity index is 2.46. The second-order valence-electron chi connectivity index (χ2n) is 4.11. The molecule has 0 heterocycles. The zero-order valence-corrected chi connectivity index (χ0v) is 12.0. The summed E-state index contributed by atoms with van der Waals surface area (Å²) in [6, 6.07) is 5.46. The van der Waals surface area contributed by atoms with E-state index in [4.69, 9.17) is 4.74 Å². The molecule has 0 amide bonds. The Morgan fingerprint density at radius 2 is 2.06 bits per heavy atom. The molecule has 3 heteroatoms. The Kier molecular flexibility index (Phi) is 6.27. The predicted octanol–water partition coefficient (Wildman–Crippen LogP) is 4.61. The Labute approximate surface area is 111 Å². The molecule has 0 aliphatic heterocycles. The summed E-state index contributed by atoms with van der Waals surface area (Å²) >= 11 is 3.42. The Hall–Kier alpha value is -0.830. The van der Waals surface area contributed by atoms with E-state index >= 15 is 0 Å². The van der Waals surface area contributed by atoms with E-state index in [1.165, 1.54) is 19.3 Å². The van der Waals surface area contributed by atoms with Crippen LogP contribution in [0.2, 0.25) is 0 Å². The van der Waals surface area contributed by atoms with E-state index in [1.54, 1.807) is 13.0 Å². The minimum absolute atomic E-state index is 0.0696. The van der Waals surface area contributed by atoms with Crippen molar-refractivity contribution in [3.8, 4) is 5.75 Å². The Morgan fingerprint density at radius 3 is 2.65 bits per heavy atom. The summed E-state index contributed by atoms with van der Waals surface area (Å²) in [6.45, 7) is 4.49. The molecule has 0 saturated heterocycles. The molecule has 0 atom stereocenters. The maximum Gasteiger partial charge on any atom is 0.159 e. The molecule has 0 aromatic heterocycles. The fourth-order valence-electron chi connectivity index (χ4n) is 1.55. The number of rotatable bonds is 7. The van der Waals surface area contributed by atoms with Gasteiger partial charge in [-0.15, -0.1) is 0 Å². The van der Waals surface area contributed by atoms with Crippen LogP contribution in [-0.2, 0) is 0 Å². The first-order chi connectivity index (χ1) is 8.15. The number of Topliss-reactive ketones (excluding diaryl/α,β-unsaturated/α-hetero) is 1. The van der Waals surface area contributed by atoms with Crippen molar-refractivity contribution in [1.29, 1.82) is 0 Å². The van der Waals surface area contributed by atoms with Gasteiger partial charge >= 0.3 is 0 Å². The summed E-state index contributed by atoms with van der Waals surface area (Å²) in [5, 5.41) is 0. The Bertz CT molecular complexity index is 374. The molecule has 0 radical (unpaired) electrons. The first kappa shape index (κ1) is 14.2. The fourth-order valence-corrected chi connectivity index (χ4v) is 2.04. The van der Waals surface area contributed by atoms with Crippen LogP contribution in [0.15, 0.2) is 22.7 Å². The van der Waals surface area contributed by atoms with Gasteiger partial charge in [0.1, 0.15) is 5.75 Å². The lowest BCUT2D eigenvalue weighted by atomic mass is 10.1. The van der Waals surface area contributed by atoms with Gasteiger partial charge in [0.05, 0.1) is 11.1 Å². The van der Waals surface area contributed by atoms with Crippen LogP contribution in [0.1, 0.15) is 49.9 Å². The zero-order chi connectivity index (χ0) is 12.7. The molecule has 94 valence electrons. The van der Waals surface area contributed by atoms with Gasteiger partial charge in [0.2, 0.25) is 0 Å². The predicted molar refractivity (Wildman–Crippen MR) is 73.8 cm³/mol. The third-order valence-electron chi connectivity index (χ3n) is 2.59. The molecule has 2 nitrogen and oxygen atoms in total. The molecule has 1 aromatic rings. The average Bonchev–Trinajstić information content (AvgIpc) is 2.30. The summed E-state index contributed by atoms with van der Waals surface area (Å²) < 4.78 is 6.51. The molecule has 0 N–H and O–H groups in total. The highest BCUT2D eigenvalue weighted by atomic mass is 79.9. The molecule has 0 fully saturated rings. The number of ether oxygens (including phenoxy) is 1. The molecular weight excluding hydrogens is 280 g/mol. The highest BCUT2D eigenvalue weighted by Gasteiger charge is 2.05. The fraction of sp³-hybridized carbons (Fsp3) is 0.500. The first-order valence-corrected chi connectivity index (χ1v) is 6.87. The average molecular weight is 299 g/mol. The van der Waals surface area contributed by atoms with Crippen LogP contribution in [-0.4, -0.2) is 12.4 Å². The maximum absolute atomic E-state index is 11.2. The van der Waals surface area contributed by atoms with Crippen LogP contribution in [0.25, 0.3) is 0 Å². The van der Waals surface area contributed by atoms with E-state index in [9.17, 15) is 4.79 Å². The normalized spacial score (nSPS) is 10.3. The third kappa shape index (κ3) is 4.90. The van der Waals surface area contributed by atoms with Crippen molar-refractivity contribution < 1.29 is 9.53 Å². The van der Waals surface area contributed by atoms with E-state index in [0.717, 1.165) is 23.2 Å². The van der Waals surface area contributed by atoms with Gasteiger partial charge in [-0.25, -0.2) is 0 Å². The van der Waals surface area contributed by atoms with E-state index < -0.39 is 0 Å². The van der Waals surface area contributed by atoms with E-state index in [-0.39, 0.29) is 5.78 Å². The van der Waals surface area contributed by atoms with Gasteiger partial charge in [0.15, 0.2) is 5.78 Å². The van der Waals surface area contributed by atoms with Gasteiger partial charge in [-0.3, -0.25) is 4.79 Å². The SMILES string of the molecule is CCCCCCOc1ccc(C(C)=O)cc1Br. The standard InChI is InChI=1S/C14H19BrO2/c1-3-4-5-6-9-17-14-8-7-12(11(2)16)10-13(14)15/h7-8,10H,3-6,9H2,1-2H3. The second-order valence-corrected chi connectivity index (χ2v) is 4.96. The van der Waals surface area contributed by atoms with E-state index in [2.05, 4.69) is 22.9 Å². The van der Waals surface area contributed by atoms with Crippen LogP contribution in [0.4, 0.5) is 0 Å². The van der Waals surface area contributed by atoms with Crippen LogP contribution in [0, 0.1) is 0 Å². The second kappa shape index (κ2) is 7.49. The molecule has 0 spiro atoms. The van der Waals surface area contributed by atoms with Crippen LogP contribution in [0.3, 0.4) is 0 Å². The van der Waals surface area contributed by atoms with Crippen molar-refractivity contribution in [2.45, 2.75) is 39.5 Å². The number of halogens is 1. The minimum atomic E-state index is 0.0696. The van der Waals surface area contributed by atoms with Gasteiger partial charge in [0, 0.05) is 5.56 Å². The lowest BCUT2D eigenvalue weighted by Gasteiger charge is -2.08. The third-order valence-corrected chi connectivity index (χ3v) is 3.21. The van der Waals surface area contributed by atoms with Crippen LogP contribution >= 0.6 is 15.9 Å². The van der Waals surface area contributed by atoms with Crippen molar-refractivity contribution in [3.05, 3.63) is 28.2 Å². The molecule has 0 aliphatic rings. The van der Waals surface area contributed by atoms with Gasteiger partial charge in [0.25, 0.3) is 0 Å². The monoisotopic (exact) mass is 298 g/mol. The topological polar surface area (TPSA) is 26.3 Å². The summed E-state index contributed by atoms with van der Waals surface area (Å²) in [7, 11) is 0. The summed E-state index contributed by atoms with van der Waals surface area (Å²) in [5.74, 6) is 0.881. The lowest BCUT2D eigenvalue weighted by Crippen LogP contribution is -1.99. The molecule has 0 unspecified atom stereocenters. The summed E-state index contributed by atoms with van der Waals surface area (Å²) in [6.07, 6.45) is 4.78. The first-order valence-electron chi connectivity index (χ1n) is 6.08. The van der Waals surface area contributed by atoms with Crippen molar-refractivity contribution >= 4 is 21.7 Å². The highest BCUT2D eigenvalue weighted by Crippen LogP contribution is 2.26. The molecule has 17 heavy (non-hydrogen) atoms. The van der Waals surface area contributed by atoms with Crippen molar-refractivity contribution in [3.63, 3.8) is 0 Å². The largest absolute Gasteiger partial charge is 0.492 e. The van der Waals surface area contributed by atoms with Crippen molar-refractivity contribution in [2.24, 2.45) is 0 Å². The number of unbranched alkanes of at least 4 members (excludes halogenated alkanes) is 3. The summed E-state index contributed by atoms with van der Waals surface area (Å²) in [4.78, 5) is 11.2. The quantitative estimate of drug-likeness (QED) is 0.543. The number of hydrogen-bond acceptors (Lipinski definition) is 2. The smallest absolute Gasteiger partial charge is 0.159 e. The number of ketones is 1. The molecule has 1 aromatic carbocycles.